The van der Waals surface area contributed by atoms with Gasteiger partial charge in [-0.3, -0.25) is 9.80 Å². The average Bonchev–Trinajstić information content (AvgIpc) is 3.12. The van der Waals surface area contributed by atoms with Crippen LogP contribution in [-0.2, 0) is 13.1 Å². The van der Waals surface area contributed by atoms with E-state index in [0.717, 1.165) is 38.3 Å². The van der Waals surface area contributed by atoms with Crippen molar-refractivity contribution >= 4 is 17.4 Å². The highest BCUT2D eigenvalue weighted by atomic mass is 35.5. The van der Waals surface area contributed by atoms with Gasteiger partial charge in [-0.1, -0.05) is 16.8 Å². The first-order valence-corrected chi connectivity index (χ1v) is 9.27. The van der Waals surface area contributed by atoms with E-state index in [1.807, 2.05) is 36.4 Å². The first-order valence-electron chi connectivity index (χ1n) is 8.89. The number of hydrogen-bond donors (Lipinski definition) is 1. The van der Waals surface area contributed by atoms with E-state index in [2.05, 4.69) is 24.9 Å². The minimum atomic E-state index is 0.569. The molecule has 7 nitrogen and oxygen atoms in total. The molecule has 0 aliphatic carbocycles. The number of pyridine rings is 1. The number of rotatable bonds is 5. The Morgan fingerprint density at radius 1 is 1.00 bits per heavy atom. The SMILES string of the molecule is Nc1cc(CN2CCN(Cc3nc(-c4ccc(Cl)cc4)no3)CC2)ccn1. The molecule has 0 atom stereocenters. The van der Waals surface area contributed by atoms with Crippen molar-refractivity contribution < 1.29 is 4.52 Å². The van der Waals surface area contributed by atoms with Crippen LogP contribution < -0.4 is 5.73 Å². The minimum absolute atomic E-state index is 0.569. The Morgan fingerprint density at radius 3 is 2.41 bits per heavy atom. The Labute approximate surface area is 162 Å². The molecule has 0 saturated carbocycles. The zero-order valence-electron chi connectivity index (χ0n) is 14.9. The van der Waals surface area contributed by atoms with Crippen LogP contribution in [0.4, 0.5) is 5.82 Å². The molecule has 1 fully saturated rings. The van der Waals surface area contributed by atoms with Crippen molar-refractivity contribution in [3.05, 3.63) is 59.1 Å². The van der Waals surface area contributed by atoms with Crippen molar-refractivity contribution in [2.75, 3.05) is 31.9 Å². The maximum Gasteiger partial charge on any atom is 0.241 e. The Balaban J connectivity index is 1.30. The second kappa shape index (κ2) is 8.04. The molecule has 2 aromatic heterocycles. The van der Waals surface area contributed by atoms with Gasteiger partial charge in [0.05, 0.1) is 6.54 Å². The highest BCUT2D eigenvalue weighted by Gasteiger charge is 2.19. The van der Waals surface area contributed by atoms with Gasteiger partial charge in [-0.05, 0) is 42.0 Å². The second-order valence-corrected chi connectivity index (χ2v) is 7.10. The van der Waals surface area contributed by atoms with Crippen molar-refractivity contribution in [2.24, 2.45) is 0 Å². The molecule has 3 aromatic rings. The van der Waals surface area contributed by atoms with Gasteiger partial charge in [0, 0.05) is 49.5 Å². The summed E-state index contributed by atoms with van der Waals surface area (Å²) in [6.07, 6.45) is 1.76. The van der Waals surface area contributed by atoms with Gasteiger partial charge in [-0.15, -0.1) is 0 Å². The largest absolute Gasteiger partial charge is 0.384 e. The van der Waals surface area contributed by atoms with Crippen LogP contribution in [0.5, 0.6) is 0 Å². The monoisotopic (exact) mass is 384 g/mol. The molecule has 0 radical (unpaired) electrons. The van der Waals surface area contributed by atoms with Crippen molar-refractivity contribution in [3.8, 4) is 11.4 Å². The van der Waals surface area contributed by atoms with Crippen LogP contribution in [-0.4, -0.2) is 51.1 Å². The predicted octanol–water partition coefficient (Wildman–Crippen LogP) is 2.69. The number of aromatic nitrogens is 3. The Morgan fingerprint density at radius 2 is 1.70 bits per heavy atom. The van der Waals surface area contributed by atoms with E-state index in [9.17, 15) is 0 Å². The molecular weight excluding hydrogens is 364 g/mol. The molecule has 1 saturated heterocycles. The van der Waals surface area contributed by atoms with Crippen molar-refractivity contribution in [1.29, 1.82) is 0 Å². The normalized spacial score (nSPS) is 15.9. The smallest absolute Gasteiger partial charge is 0.241 e. The van der Waals surface area contributed by atoms with Crippen LogP contribution in [0.25, 0.3) is 11.4 Å². The molecule has 1 aromatic carbocycles. The van der Waals surface area contributed by atoms with Gasteiger partial charge in [-0.25, -0.2) is 4.98 Å². The molecule has 0 bridgehead atoms. The fourth-order valence-corrected chi connectivity index (χ4v) is 3.31. The summed E-state index contributed by atoms with van der Waals surface area (Å²) in [5.41, 5.74) is 7.85. The molecule has 0 unspecified atom stereocenters. The Kier molecular flexibility index (Phi) is 5.33. The summed E-state index contributed by atoms with van der Waals surface area (Å²) in [5.74, 6) is 1.80. The molecule has 2 N–H and O–H groups in total. The van der Waals surface area contributed by atoms with Crippen LogP contribution in [0.1, 0.15) is 11.5 Å². The van der Waals surface area contributed by atoms with Crippen LogP contribution in [0, 0.1) is 0 Å². The molecule has 1 aliphatic heterocycles. The van der Waals surface area contributed by atoms with Gasteiger partial charge in [-0.2, -0.15) is 4.98 Å². The zero-order valence-corrected chi connectivity index (χ0v) is 15.6. The molecule has 27 heavy (non-hydrogen) atoms. The van der Waals surface area contributed by atoms with Crippen molar-refractivity contribution in [3.63, 3.8) is 0 Å². The lowest BCUT2D eigenvalue weighted by molar-refractivity contribution is 0.112. The minimum Gasteiger partial charge on any atom is -0.384 e. The van der Waals surface area contributed by atoms with Crippen LogP contribution in [0.2, 0.25) is 5.02 Å². The van der Waals surface area contributed by atoms with Gasteiger partial charge in [0.1, 0.15) is 5.82 Å². The number of nitrogens with two attached hydrogens (primary N) is 1. The van der Waals surface area contributed by atoms with Crippen LogP contribution in [0.15, 0.2) is 47.1 Å². The Hall–Kier alpha value is -2.48. The average molecular weight is 385 g/mol. The highest BCUT2D eigenvalue weighted by molar-refractivity contribution is 6.30. The third-order valence-electron chi connectivity index (χ3n) is 4.65. The standard InChI is InChI=1S/C19H21ClN6O/c20-16-3-1-15(2-4-16)19-23-18(27-24-19)13-26-9-7-25(8-10-26)12-14-5-6-22-17(21)11-14/h1-6,11H,7-10,12-13H2,(H2,21,22). The maximum absolute atomic E-state index is 5.92. The van der Waals surface area contributed by atoms with E-state index in [1.54, 1.807) is 6.20 Å². The van der Waals surface area contributed by atoms with E-state index in [-0.39, 0.29) is 0 Å². The summed E-state index contributed by atoms with van der Waals surface area (Å²) in [7, 11) is 0. The van der Waals surface area contributed by atoms with Crippen molar-refractivity contribution in [2.45, 2.75) is 13.1 Å². The van der Waals surface area contributed by atoms with E-state index in [4.69, 9.17) is 21.9 Å². The molecular formula is C19H21ClN6O. The lowest BCUT2D eigenvalue weighted by Crippen LogP contribution is -2.45. The molecule has 140 valence electrons. The zero-order chi connectivity index (χ0) is 18.6. The van der Waals surface area contributed by atoms with Gasteiger partial charge in [0.15, 0.2) is 0 Å². The summed E-state index contributed by atoms with van der Waals surface area (Å²) in [6, 6.07) is 11.4. The molecule has 4 rings (SSSR count). The van der Waals surface area contributed by atoms with Crippen molar-refractivity contribution in [1.82, 2.24) is 24.9 Å². The number of hydrogen-bond acceptors (Lipinski definition) is 7. The van der Waals surface area contributed by atoms with E-state index in [1.165, 1.54) is 5.56 Å². The number of halogens is 1. The maximum atomic E-state index is 5.92. The van der Waals surface area contributed by atoms with E-state index < -0.39 is 0 Å². The number of anilines is 1. The number of benzene rings is 1. The van der Waals surface area contributed by atoms with Gasteiger partial charge < -0.3 is 10.3 Å². The third-order valence-corrected chi connectivity index (χ3v) is 4.90. The number of nitrogens with zero attached hydrogens (tertiary/aromatic N) is 5. The van der Waals surface area contributed by atoms with Gasteiger partial charge in [0.25, 0.3) is 0 Å². The Bertz CT molecular complexity index is 889. The number of nitrogen functional groups attached to an aromatic ring is 1. The fraction of sp³-hybridized carbons (Fsp3) is 0.316. The number of piperazine rings is 1. The van der Waals surface area contributed by atoms with Crippen LogP contribution in [0.3, 0.4) is 0 Å². The topological polar surface area (TPSA) is 84.3 Å². The summed E-state index contributed by atoms with van der Waals surface area (Å²) in [5, 5.41) is 4.77. The first-order chi connectivity index (χ1) is 13.2. The lowest BCUT2D eigenvalue weighted by atomic mass is 10.2. The van der Waals surface area contributed by atoms with Crippen LogP contribution >= 0.6 is 11.6 Å². The van der Waals surface area contributed by atoms with Gasteiger partial charge in [0.2, 0.25) is 11.7 Å². The lowest BCUT2D eigenvalue weighted by Gasteiger charge is -2.33. The molecule has 0 spiro atoms. The van der Waals surface area contributed by atoms with E-state index >= 15 is 0 Å². The molecule has 8 heteroatoms. The summed E-state index contributed by atoms with van der Waals surface area (Å²) >= 11 is 5.92. The molecule has 3 heterocycles. The third kappa shape index (κ3) is 4.63. The summed E-state index contributed by atoms with van der Waals surface area (Å²) in [4.78, 5) is 13.3. The molecule has 0 amide bonds. The summed E-state index contributed by atoms with van der Waals surface area (Å²) < 4.78 is 5.42. The molecule has 1 aliphatic rings. The predicted molar refractivity (Wildman–Crippen MR) is 104 cm³/mol. The van der Waals surface area contributed by atoms with E-state index in [0.29, 0.717) is 29.1 Å². The highest BCUT2D eigenvalue weighted by Crippen LogP contribution is 2.19. The van der Waals surface area contributed by atoms with Gasteiger partial charge >= 0.3 is 0 Å². The fourth-order valence-electron chi connectivity index (χ4n) is 3.18. The quantitative estimate of drug-likeness (QED) is 0.723. The first kappa shape index (κ1) is 17.9. The second-order valence-electron chi connectivity index (χ2n) is 6.66. The summed E-state index contributed by atoms with van der Waals surface area (Å²) in [6.45, 7) is 5.44.